The first-order valence-electron chi connectivity index (χ1n) is 3.05. The Bertz CT molecular complexity index is 316. The predicted octanol–water partition coefficient (Wildman–Crippen LogP) is 1.53. The lowest BCUT2D eigenvalue weighted by atomic mass is 10.3. The monoisotopic (exact) mass is 187 g/mol. The number of nitrogen functional groups attached to an aromatic ring is 1. The average Bonchev–Trinajstić information content (AvgIpc) is 2.03. The molecule has 0 saturated heterocycles. The Labute approximate surface area is 73.2 Å². The quantitative estimate of drug-likeness (QED) is 0.418. The summed E-state index contributed by atoms with van der Waals surface area (Å²) in [5.74, 6) is 5.06. The lowest BCUT2D eigenvalue weighted by Crippen LogP contribution is -2.06. The zero-order valence-electron chi connectivity index (χ0n) is 5.95. The Hall–Kier alpha value is -1.33. The van der Waals surface area contributed by atoms with Crippen LogP contribution in [0.5, 0.6) is 0 Å². The van der Waals surface area contributed by atoms with Crippen molar-refractivity contribution in [2.45, 2.75) is 0 Å². The van der Waals surface area contributed by atoms with Crippen molar-refractivity contribution < 1.29 is 4.92 Å². The molecule has 0 amide bonds. The van der Waals surface area contributed by atoms with Crippen molar-refractivity contribution in [2.24, 2.45) is 5.84 Å². The summed E-state index contributed by atoms with van der Waals surface area (Å²) in [6, 6.07) is 4.04. The van der Waals surface area contributed by atoms with Crippen LogP contribution in [-0.4, -0.2) is 4.92 Å². The van der Waals surface area contributed by atoms with Crippen molar-refractivity contribution in [3.8, 4) is 0 Å². The highest BCUT2D eigenvalue weighted by Crippen LogP contribution is 2.23. The van der Waals surface area contributed by atoms with Crippen LogP contribution in [0.1, 0.15) is 0 Å². The van der Waals surface area contributed by atoms with E-state index in [0.717, 1.165) is 0 Å². The SMILES string of the molecule is NNc1cc(Cl)cc([N+](=O)[O-])c1. The summed E-state index contributed by atoms with van der Waals surface area (Å²) < 4.78 is 0. The number of benzene rings is 1. The van der Waals surface area contributed by atoms with Crippen LogP contribution in [0.15, 0.2) is 18.2 Å². The van der Waals surface area contributed by atoms with Crippen molar-refractivity contribution in [3.63, 3.8) is 0 Å². The van der Waals surface area contributed by atoms with E-state index in [0.29, 0.717) is 5.69 Å². The fourth-order valence-electron chi connectivity index (χ4n) is 0.763. The maximum atomic E-state index is 10.3. The molecule has 1 aromatic rings. The summed E-state index contributed by atoms with van der Waals surface area (Å²) >= 11 is 5.57. The Kier molecular flexibility index (Phi) is 2.47. The van der Waals surface area contributed by atoms with Crippen molar-refractivity contribution in [1.29, 1.82) is 0 Å². The number of anilines is 1. The zero-order chi connectivity index (χ0) is 9.14. The van der Waals surface area contributed by atoms with Crippen LogP contribution < -0.4 is 11.3 Å². The fraction of sp³-hybridized carbons (Fsp3) is 0. The van der Waals surface area contributed by atoms with Crippen molar-refractivity contribution in [2.75, 3.05) is 5.43 Å². The highest BCUT2D eigenvalue weighted by atomic mass is 35.5. The van der Waals surface area contributed by atoms with Crippen molar-refractivity contribution in [3.05, 3.63) is 33.3 Å². The normalized spacial score (nSPS) is 9.50. The van der Waals surface area contributed by atoms with Gasteiger partial charge in [-0.1, -0.05) is 11.6 Å². The number of hydrogen-bond acceptors (Lipinski definition) is 4. The maximum Gasteiger partial charge on any atom is 0.273 e. The van der Waals surface area contributed by atoms with Crippen LogP contribution in [0.2, 0.25) is 5.02 Å². The summed E-state index contributed by atoms with van der Waals surface area (Å²) in [5.41, 5.74) is 2.60. The smallest absolute Gasteiger partial charge is 0.273 e. The summed E-state index contributed by atoms with van der Waals surface area (Å²) in [7, 11) is 0. The van der Waals surface area contributed by atoms with Gasteiger partial charge >= 0.3 is 0 Å². The fourth-order valence-corrected chi connectivity index (χ4v) is 0.992. The lowest BCUT2D eigenvalue weighted by Gasteiger charge is -1.99. The van der Waals surface area contributed by atoms with Gasteiger partial charge in [0.05, 0.1) is 10.6 Å². The van der Waals surface area contributed by atoms with Crippen LogP contribution in [0.3, 0.4) is 0 Å². The van der Waals surface area contributed by atoms with E-state index in [-0.39, 0.29) is 10.7 Å². The van der Waals surface area contributed by atoms with E-state index >= 15 is 0 Å². The third-order valence-electron chi connectivity index (χ3n) is 1.26. The van der Waals surface area contributed by atoms with Gasteiger partial charge in [0.2, 0.25) is 0 Å². The highest BCUT2D eigenvalue weighted by molar-refractivity contribution is 6.31. The van der Waals surface area contributed by atoms with Gasteiger partial charge in [-0.2, -0.15) is 0 Å². The van der Waals surface area contributed by atoms with E-state index in [2.05, 4.69) is 5.43 Å². The van der Waals surface area contributed by atoms with Gasteiger partial charge in [-0.25, -0.2) is 0 Å². The number of non-ortho nitro benzene ring substituents is 1. The Morgan fingerprint density at radius 1 is 1.50 bits per heavy atom. The van der Waals surface area contributed by atoms with E-state index in [9.17, 15) is 10.1 Å². The minimum atomic E-state index is -0.535. The lowest BCUT2D eigenvalue weighted by molar-refractivity contribution is -0.384. The molecule has 0 unspecified atom stereocenters. The first-order valence-corrected chi connectivity index (χ1v) is 3.43. The number of halogens is 1. The molecule has 0 aliphatic carbocycles. The molecule has 3 N–H and O–H groups in total. The maximum absolute atomic E-state index is 10.3. The third kappa shape index (κ3) is 1.84. The Balaban J connectivity index is 3.15. The van der Waals surface area contributed by atoms with Crippen LogP contribution in [0, 0.1) is 10.1 Å². The number of rotatable bonds is 2. The van der Waals surface area contributed by atoms with Gasteiger partial charge in [0.25, 0.3) is 5.69 Å². The van der Waals surface area contributed by atoms with E-state index < -0.39 is 4.92 Å². The molecule has 0 fully saturated rings. The number of hydrazine groups is 1. The molecule has 0 saturated carbocycles. The molecule has 0 aromatic heterocycles. The van der Waals surface area contributed by atoms with Crippen molar-refractivity contribution >= 4 is 23.0 Å². The molecule has 6 heteroatoms. The number of nitrogens with one attached hydrogen (secondary N) is 1. The number of nitrogens with two attached hydrogens (primary N) is 1. The molecule has 0 heterocycles. The zero-order valence-corrected chi connectivity index (χ0v) is 6.71. The molecule has 1 aromatic carbocycles. The molecule has 0 atom stereocenters. The predicted molar refractivity (Wildman–Crippen MR) is 45.9 cm³/mol. The summed E-state index contributed by atoms with van der Waals surface area (Å²) in [5, 5.41) is 10.6. The molecule has 1 rings (SSSR count). The van der Waals surface area contributed by atoms with Crippen LogP contribution in [0.4, 0.5) is 11.4 Å². The molecule has 0 radical (unpaired) electrons. The minimum absolute atomic E-state index is 0.0875. The molecular formula is C6H6ClN3O2. The molecular weight excluding hydrogens is 182 g/mol. The number of nitrogens with zero attached hydrogens (tertiary/aromatic N) is 1. The number of nitro benzene ring substituents is 1. The minimum Gasteiger partial charge on any atom is -0.324 e. The molecule has 12 heavy (non-hydrogen) atoms. The van der Waals surface area contributed by atoms with Gasteiger partial charge < -0.3 is 5.43 Å². The topological polar surface area (TPSA) is 81.2 Å². The molecule has 0 aliphatic heterocycles. The van der Waals surface area contributed by atoms with Gasteiger partial charge in [0.1, 0.15) is 0 Å². The van der Waals surface area contributed by atoms with Crippen LogP contribution >= 0.6 is 11.6 Å². The molecule has 0 spiro atoms. The Morgan fingerprint density at radius 3 is 2.67 bits per heavy atom. The molecule has 0 bridgehead atoms. The largest absolute Gasteiger partial charge is 0.324 e. The van der Waals surface area contributed by atoms with Crippen LogP contribution in [-0.2, 0) is 0 Å². The van der Waals surface area contributed by atoms with Gasteiger partial charge in [-0.15, -0.1) is 0 Å². The summed E-state index contributed by atoms with van der Waals surface area (Å²) in [4.78, 5) is 9.76. The van der Waals surface area contributed by atoms with Gasteiger partial charge in [0.15, 0.2) is 0 Å². The average molecular weight is 188 g/mol. The van der Waals surface area contributed by atoms with Crippen LogP contribution in [0.25, 0.3) is 0 Å². The van der Waals surface area contributed by atoms with Gasteiger partial charge in [-0.3, -0.25) is 16.0 Å². The first-order chi connectivity index (χ1) is 5.63. The molecule has 64 valence electrons. The van der Waals surface area contributed by atoms with E-state index in [1.54, 1.807) is 0 Å². The Morgan fingerprint density at radius 2 is 2.17 bits per heavy atom. The van der Waals surface area contributed by atoms with Gasteiger partial charge in [-0.05, 0) is 6.07 Å². The van der Waals surface area contributed by atoms with Crippen molar-refractivity contribution in [1.82, 2.24) is 0 Å². The number of hydrogen-bond donors (Lipinski definition) is 2. The number of nitro groups is 1. The second-order valence-electron chi connectivity index (χ2n) is 2.10. The standard InChI is InChI=1S/C6H6ClN3O2/c7-4-1-5(9-8)3-6(2-4)10(11)12/h1-3,9H,8H2. The second-order valence-corrected chi connectivity index (χ2v) is 2.54. The van der Waals surface area contributed by atoms with E-state index in [1.165, 1.54) is 18.2 Å². The van der Waals surface area contributed by atoms with E-state index in [4.69, 9.17) is 17.4 Å². The summed E-state index contributed by atoms with van der Waals surface area (Å²) in [6.45, 7) is 0. The summed E-state index contributed by atoms with van der Waals surface area (Å²) in [6.07, 6.45) is 0. The van der Waals surface area contributed by atoms with E-state index in [1.807, 2.05) is 0 Å². The van der Waals surface area contributed by atoms with Gasteiger partial charge in [0, 0.05) is 17.2 Å². The molecule has 0 aliphatic rings. The first kappa shape index (κ1) is 8.76. The second kappa shape index (κ2) is 3.38. The highest BCUT2D eigenvalue weighted by Gasteiger charge is 2.07. The third-order valence-corrected chi connectivity index (χ3v) is 1.48. The molecule has 5 nitrogen and oxygen atoms in total.